The number of hydrogen-bond acceptors (Lipinski definition) is 5. The van der Waals surface area contributed by atoms with Crippen LogP contribution in [0.5, 0.6) is 5.75 Å². The SMILES string of the molecule is COc1ccc(C(=O)N(C)Cc2c(C)nn(-c3ccccc3)c2C)cc1S(=O)(=O)NC1CCCC1. The van der Waals surface area contributed by atoms with Gasteiger partial charge in [-0.15, -0.1) is 0 Å². The molecule has 0 spiro atoms. The van der Waals surface area contributed by atoms with E-state index in [0.29, 0.717) is 6.54 Å². The second-order valence-electron chi connectivity index (χ2n) is 9.03. The number of sulfonamides is 1. The number of amides is 1. The first-order valence-corrected chi connectivity index (χ1v) is 13.3. The zero-order chi connectivity index (χ0) is 25.2. The minimum Gasteiger partial charge on any atom is -0.495 e. The Kier molecular flexibility index (Phi) is 7.28. The number of carbonyl (C=O) groups is 1. The van der Waals surface area contributed by atoms with E-state index >= 15 is 0 Å². The molecule has 0 aliphatic heterocycles. The summed E-state index contributed by atoms with van der Waals surface area (Å²) >= 11 is 0. The molecule has 1 amide bonds. The van der Waals surface area contributed by atoms with Crippen molar-refractivity contribution in [1.29, 1.82) is 0 Å². The average molecular weight is 497 g/mol. The number of nitrogens with zero attached hydrogens (tertiary/aromatic N) is 3. The van der Waals surface area contributed by atoms with Crippen LogP contribution in [0.15, 0.2) is 53.4 Å². The van der Waals surface area contributed by atoms with Crippen LogP contribution in [-0.4, -0.2) is 49.2 Å². The molecule has 1 fully saturated rings. The van der Waals surface area contributed by atoms with Crippen LogP contribution in [0.1, 0.15) is 53.0 Å². The molecule has 1 aliphatic carbocycles. The van der Waals surface area contributed by atoms with E-state index in [1.54, 1.807) is 18.0 Å². The highest BCUT2D eigenvalue weighted by Gasteiger charge is 2.27. The predicted octanol–water partition coefficient (Wildman–Crippen LogP) is 3.99. The van der Waals surface area contributed by atoms with Gasteiger partial charge in [-0.05, 0) is 57.0 Å². The molecule has 1 heterocycles. The lowest BCUT2D eigenvalue weighted by atomic mass is 10.1. The molecule has 35 heavy (non-hydrogen) atoms. The van der Waals surface area contributed by atoms with Crippen molar-refractivity contribution in [3.63, 3.8) is 0 Å². The molecular formula is C26H32N4O4S. The second kappa shape index (κ2) is 10.2. The lowest BCUT2D eigenvalue weighted by Crippen LogP contribution is -2.33. The Labute approximate surface area is 207 Å². The van der Waals surface area contributed by atoms with E-state index in [1.807, 2.05) is 48.9 Å². The standard InChI is InChI=1S/C26H32N4O4S/c1-18-23(19(2)30(27-18)22-12-6-5-7-13-22)17-29(3)26(31)20-14-15-24(34-4)25(16-20)35(32,33)28-21-10-8-9-11-21/h5-7,12-16,21,28H,8-11,17H2,1-4H3. The normalized spacial score (nSPS) is 14.3. The molecule has 1 aliphatic rings. The summed E-state index contributed by atoms with van der Waals surface area (Å²) in [6.45, 7) is 4.25. The summed E-state index contributed by atoms with van der Waals surface area (Å²) in [6.07, 6.45) is 3.65. The third-order valence-corrected chi connectivity index (χ3v) is 8.10. The van der Waals surface area contributed by atoms with Gasteiger partial charge in [0.15, 0.2) is 0 Å². The van der Waals surface area contributed by atoms with Crippen LogP contribution in [0.25, 0.3) is 5.69 Å². The highest BCUT2D eigenvalue weighted by molar-refractivity contribution is 7.89. The first-order chi connectivity index (χ1) is 16.7. The molecule has 1 aromatic heterocycles. The monoisotopic (exact) mass is 496 g/mol. The number of nitrogens with one attached hydrogen (secondary N) is 1. The Balaban J connectivity index is 1.58. The number of benzene rings is 2. The van der Waals surface area contributed by atoms with Gasteiger partial charge in [-0.3, -0.25) is 4.79 Å². The van der Waals surface area contributed by atoms with Crippen molar-refractivity contribution in [2.24, 2.45) is 0 Å². The molecule has 3 aromatic rings. The molecule has 0 unspecified atom stereocenters. The largest absolute Gasteiger partial charge is 0.495 e. The van der Waals surface area contributed by atoms with E-state index in [4.69, 9.17) is 4.74 Å². The van der Waals surface area contributed by atoms with Crippen LogP contribution >= 0.6 is 0 Å². The van der Waals surface area contributed by atoms with Crippen molar-refractivity contribution < 1.29 is 17.9 Å². The molecule has 9 heteroatoms. The summed E-state index contributed by atoms with van der Waals surface area (Å²) in [5.74, 6) is -0.0678. The van der Waals surface area contributed by atoms with Crippen molar-refractivity contribution in [1.82, 2.24) is 19.4 Å². The van der Waals surface area contributed by atoms with Crippen LogP contribution in [-0.2, 0) is 16.6 Å². The van der Waals surface area contributed by atoms with Crippen LogP contribution < -0.4 is 9.46 Å². The number of methoxy groups -OCH3 is 1. The number of rotatable bonds is 8. The van der Waals surface area contributed by atoms with Crippen LogP contribution in [0.2, 0.25) is 0 Å². The van der Waals surface area contributed by atoms with Gasteiger partial charge < -0.3 is 9.64 Å². The minimum atomic E-state index is -3.83. The summed E-state index contributed by atoms with van der Waals surface area (Å²) in [5, 5.41) is 4.66. The number of hydrogen-bond donors (Lipinski definition) is 1. The Morgan fingerprint density at radius 2 is 1.83 bits per heavy atom. The number of carbonyl (C=O) groups excluding carboxylic acids is 1. The number of ether oxygens (including phenoxy) is 1. The fourth-order valence-corrected chi connectivity index (χ4v) is 6.10. The Morgan fingerprint density at radius 3 is 2.49 bits per heavy atom. The highest BCUT2D eigenvalue weighted by Crippen LogP contribution is 2.28. The van der Waals surface area contributed by atoms with E-state index < -0.39 is 10.0 Å². The van der Waals surface area contributed by atoms with Crippen LogP contribution in [0, 0.1) is 13.8 Å². The minimum absolute atomic E-state index is 0.0181. The van der Waals surface area contributed by atoms with E-state index in [2.05, 4.69) is 9.82 Å². The molecule has 8 nitrogen and oxygen atoms in total. The Morgan fingerprint density at radius 1 is 1.14 bits per heavy atom. The molecule has 0 saturated heterocycles. The molecule has 1 saturated carbocycles. The highest BCUT2D eigenvalue weighted by atomic mass is 32.2. The summed E-state index contributed by atoms with van der Waals surface area (Å²) in [4.78, 5) is 14.9. The lowest BCUT2D eigenvalue weighted by Gasteiger charge is -2.19. The second-order valence-corrected chi connectivity index (χ2v) is 10.7. The molecule has 2 aromatic carbocycles. The van der Waals surface area contributed by atoms with Gasteiger partial charge >= 0.3 is 0 Å². The first kappa shape index (κ1) is 24.9. The Bertz CT molecular complexity index is 1310. The molecule has 1 N–H and O–H groups in total. The van der Waals surface area contributed by atoms with Crippen molar-refractivity contribution in [2.75, 3.05) is 14.2 Å². The van der Waals surface area contributed by atoms with E-state index in [1.165, 1.54) is 19.2 Å². The quantitative estimate of drug-likeness (QED) is 0.509. The van der Waals surface area contributed by atoms with Crippen molar-refractivity contribution >= 4 is 15.9 Å². The van der Waals surface area contributed by atoms with Gasteiger partial charge in [-0.25, -0.2) is 17.8 Å². The van der Waals surface area contributed by atoms with E-state index in [-0.39, 0.29) is 28.2 Å². The maximum atomic E-state index is 13.3. The van der Waals surface area contributed by atoms with Crippen molar-refractivity contribution in [2.45, 2.75) is 57.0 Å². The third kappa shape index (κ3) is 5.26. The van der Waals surface area contributed by atoms with Gasteiger partial charge in [0.05, 0.1) is 18.5 Å². The first-order valence-electron chi connectivity index (χ1n) is 11.8. The maximum absolute atomic E-state index is 13.3. The van der Waals surface area contributed by atoms with Crippen molar-refractivity contribution in [3.05, 3.63) is 71.0 Å². The molecular weight excluding hydrogens is 464 g/mol. The molecule has 0 radical (unpaired) electrons. The van der Waals surface area contributed by atoms with Gasteiger partial charge in [0.2, 0.25) is 10.0 Å². The summed E-state index contributed by atoms with van der Waals surface area (Å²) in [7, 11) is -0.698. The smallest absolute Gasteiger partial charge is 0.253 e. The topological polar surface area (TPSA) is 93.5 Å². The molecule has 4 rings (SSSR count). The number of aromatic nitrogens is 2. The van der Waals surface area contributed by atoms with Gasteiger partial charge in [0.1, 0.15) is 10.6 Å². The molecule has 0 atom stereocenters. The molecule has 186 valence electrons. The summed E-state index contributed by atoms with van der Waals surface area (Å²) in [6, 6.07) is 14.3. The lowest BCUT2D eigenvalue weighted by molar-refractivity contribution is 0.0784. The molecule has 0 bridgehead atoms. The number of para-hydroxylation sites is 1. The van der Waals surface area contributed by atoms with Gasteiger partial charge in [0.25, 0.3) is 5.91 Å². The van der Waals surface area contributed by atoms with Crippen LogP contribution in [0.3, 0.4) is 0 Å². The zero-order valence-electron chi connectivity index (χ0n) is 20.6. The summed E-state index contributed by atoms with van der Waals surface area (Å²) in [5.41, 5.74) is 3.98. The fraction of sp³-hybridized carbons (Fsp3) is 0.385. The van der Waals surface area contributed by atoms with Crippen molar-refractivity contribution in [3.8, 4) is 11.4 Å². The third-order valence-electron chi connectivity index (χ3n) is 6.56. The van der Waals surface area contributed by atoms with Gasteiger partial charge in [-0.2, -0.15) is 5.10 Å². The van der Waals surface area contributed by atoms with E-state index in [0.717, 1.165) is 48.3 Å². The van der Waals surface area contributed by atoms with Gasteiger partial charge in [0, 0.05) is 36.5 Å². The maximum Gasteiger partial charge on any atom is 0.253 e. The number of aryl methyl sites for hydroxylation is 1. The van der Waals surface area contributed by atoms with E-state index in [9.17, 15) is 13.2 Å². The zero-order valence-corrected chi connectivity index (χ0v) is 21.4. The predicted molar refractivity (Wildman–Crippen MR) is 134 cm³/mol. The fourth-order valence-electron chi connectivity index (χ4n) is 4.60. The van der Waals surface area contributed by atoms with Gasteiger partial charge in [-0.1, -0.05) is 31.0 Å². The summed E-state index contributed by atoms with van der Waals surface area (Å²) < 4.78 is 36.2. The van der Waals surface area contributed by atoms with Crippen LogP contribution in [0.4, 0.5) is 0 Å². The average Bonchev–Trinajstić information content (AvgIpc) is 3.46. The Hall–Kier alpha value is -3.17.